The van der Waals surface area contributed by atoms with E-state index in [-0.39, 0.29) is 11.2 Å². The summed E-state index contributed by atoms with van der Waals surface area (Å²) in [6, 6.07) is 16.1. The average Bonchev–Trinajstić information content (AvgIpc) is 2.94. The third-order valence-corrected chi connectivity index (χ3v) is 4.21. The molecule has 1 atom stereocenters. The third-order valence-electron chi connectivity index (χ3n) is 3.78. The molecule has 5 heteroatoms. The molecule has 0 bridgehead atoms. The van der Waals surface area contributed by atoms with Gasteiger partial charge in [-0.1, -0.05) is 53.6 Å². The van der Waals surface area contributed by atoms with E-state index >= 15 is 0 Å². The van der Waals surface area contributed by atoms with Crippen molar-refractivity contribution in [1.82, 2.24) is 5.01 Å². The molecule has 0 saturated carbocycles. The van der Waals surface area contributed by atoms with Gasteiger partial charge in [-0.15, -0.1) is 0 Å². The van der Waals surface area contributed by atoms with E-state index in [0.29, 0.717) is 5.02 Å². The van der Waals surface area contributed by atoms with Crippen LogP contribution in [0.5, 0.6) is 0 Å². The molecule has 22 heavy (non-hydrogen) atoms. The summed E-state index contributed by atoms with van der Waals surface area (Å²) in [5.74, 6) is 0. The second-order valence-electron chi connectivity index (χ2n) is 5.37. The molecule has 112 valence electrons. The van der Waals surface area contributed by atoms with Gasteiger partial charge < -0.3 is 5.73 Å². The number of hydrogen-bond donors (Lipinski definition) is 1. The van der Waals surface area contributed by atoms with Crippen LogP contribution in [0, 0.1) is 6.92 Å². The van der Waals surface area contributed by atoms with Crippen LogP contribution in [0.3, 0.4) is 0 Å². The molecule has 0 radical (unpaired) electrons. The van der Waals surface area contributed by atoms with Gasteiger partial charge in [-0.2, -0.15) is 5.10 Å². The van der Waals surface area contributed by atoms with E-state index in [2.05, 4.69) is 36.3 Å². The summed E-state index contributed by atoms with van der Waals surface area (Å²) >= 11 is 11.1. The minimum atomic E-state index is 0.0195. The Kier molecular flexibility index (Phi) is 4.14. The Morgan fingerprint density at radius 1 is 1.18 bits per heavy atom. The summed E-state index contributed by atoms with van der Waals surface area (Å²) in [5, 5.41) is 7.33. The molecule has 2 aromatic carbocycles. The van der Waals surface area contributed by atoms with Gasteiger partial charge in [0.05, 0.1) is 11.8 Å². The zero-order valence-corrected chi connectivity index (χ0v) is 13.7. The molecule has 0 aliphatic carbocycles. The molecule has 0 fully saturated rings. The predicted octanol–water partition coefficient (Wildman–Crippen LogP) is 4.04. The largest absolute Gasteiger partial charge is 0.375 e. The lowest BCUT2D eigenvalue weighted by atomic mass is 9.98. The number of benzene rings is 2. The van der Waals surface area contributed by atoms with Gasteiger partial charge in [-0.05, 0) is 42.4 Å². The number of hydrazone groups is 1. The third kappa shape index (κ3) is 2.98. The number of aryl methyl sites for hydroxylation is 1. The summed E-state index contributed by atoms with van der Waals surface area (Å²) in [6.45, 7) is 2.07. The van der Waals surface area contributed by atoms with Crippen LogP contribution in [0.2, 0.25) is 5.02 Å². The number of halogens is 1. The maximum atomic E-state index is 5.96. The lowest BCUT2D eigenvalue weighted by Crippen LogP contribution is -2.31. The smallest absolute Gasteiger partial charge is 0.187 e. The Bertz CT molecular complexity index is 723. The van der Waals surface area contributed by atoms with Gasteiger partial charge >= 0.3 is 0 Å². The molecular formula is C17H16ClN3S. The second kappa shape index (κ2) is 6.07. The van der Waals surface area contributed by atoms with Gasteiger partial charge in [0.1, 0.15) is 0 Å². The Hall–Kier alpha value is -1.91. The number of rotatable bonds is 2. The quantitative estimate of drug-likeness (QED) is 0.845. The first-order valence-electron chi connectivity index (χ1n) is 7.03. The first kappa shape index (κ1) is 15.0. The SMILES string of the molecule is Cc1ccc(C2=NN(C(N)=S)[C@H](c3ccc(Cl)cc3)C2)cc1. The topological polar surface area (TPSA) is 41.6 Å². The number of nitrogens with zero attached hydrogens (tertiary/aromatic N) is 2. The molecule has 0 spiro atoms. The second-order valence-corrected chi connectivity index (χ2v) is 6.22. The summed E-state index contributed by atoms with van der Waals surface area (Å²) in [6.07, 6.45) is 0.766. The standard InChI is InChI=1S/C17H16ClN3S/c1-11-2-4-12(5-3-11)15-10-16(21(20-15)17(19)22)13-6-8-14(18)9-7-13/h2-9,16H,10H2,1H3,(H2,19,22)/t16-/m0/s1. The van der Waals surface area contributed by atoms with Gasteiger partial charge in [0.2, 0.25) is 0 Å². The van der Waals surface area contributed by atoms with Crippen molar-refractivity contribution in [3.8, 4) is 0 Å². The highest BCUT2D eigenvalue weighted by Gasteiger charge is 2.30. The molecule has 2 aromatic rings. The molecule has 0 amide bonds. The Morgan fingerprint density at radius 3 is 2.41 bits per heavy atom. The van der Waals surface area contributed by atoms with Crippen LogP contribution in [0.15, 0.2) is 53.6 Å². The minimum Gasteiger partial charge on any atom is -0.375 e. The molecule has 3 nitrogen and oxygen atoms in total. The fraction of sp³-hybridized carbons (Fsp3) is 0.176. The molecule has 2 N–H and O–H groups in total. The molecule has 1 aliphatic heterocycles. The van der Waals surface area contributed by atoms with Gasteiger partial charge in [-0.25, -0.2) is 5.01 Å². The highest BCUT2D eigenvalue weighted by atomic mass is 35.5. The Balaban J connectivity index is 1.92. The average molecular weight is 330 g/mol. The Labute approximate surface area is 140 Å². The number of thiocarbonyl (C=S) groups is 1. The van der Waals surface area contributed by atoms with Gasteiger partial charge in [-0.3, -0.25) is 0 Å². The van der Waals surface area contributed by atoms with Gasteiger partial charge in [0.25, 0.3) is 0 Å². The molecule has 1 heterocycles. The van der Waals surface area contributed by atoms with Crippen molar-refractivity contribution in [3.63, 3.8) is 0 Å². The number of hydrogen-bond acceptors (Lipinski definition) is 2. The van der Waals surface area contributed by atoms with E-state index in [1.54, 1.807) is 5.01 Å². The van der Waals surface area contributed by atoms with Crippen LogP contribution in [-0.4, -0.2) is 15.8 Å². The van der Waals surface area contributed by atoms with E-state index in [1.165, 1.54) is 5.56 Å². The van der Waals surface area contributed by atoms with Crippen molar-refractivity contribution in [2.45, 2.75) is 19.4 Å². The van der Waals surface area contributed by atoms with Gasteiger partial charge in [0, 0.05) is 11.4 Å². The van der Waals surface area contributed by atoms with Crippen LogP contribution in [-0.2, 0) is 0 Å². The van der Waals surface area contributed by atoms with Gasteiger partial charge in [0.15, 0.2) is 5.11 Å². The van der Waals surface area contributed by atoms with E-state index in [9.17, 15) is 0 Å². The van der Waals surface area contributed by atoms with Crippen LogP contribution >= 0.6 is 23.8 Å². The van der Waals surface area contributed by atoms with E-state index in [0.717, 1.165) is 23.3 Å². The molecule has 0 unspecified atom stereocenters. The van der Waals surface area contributed by atoms with Crippen molar-refractivity contribution in [1.29, 1.82) is 0 Å². The number of nitrogens with two attached hydrogens (primary N) is 1. The maximum Gasteiger partial charge on any atom is 0.187 e. The van der Waals surface area contributed by atoms with Crippen LogP contribution < -0.4 is 5.73 Å². The van der Waals surface area contributed by atoms with Crippen LogP contribution in [0.1, 0.15) is 29.2 Å². The summed E-state index contributed by atoms with van der Waals surface area (Å²) in [7, 11) is 0. The van der Waals surface area contributed by atoms with E-state index in [4.69, 9.17) is 29.6 Å². The molecule has 3 rings (SSSR count). The predicted molar refractivity (Wildman–Crippen MR) is 95.2 cm³/mol. The minimum absolute atomic E-state index is 0.0195. The van der Waals surface area contributed by atoms with E-state index < -0.39 is 0 Å². The molecule has 1 aliphatic rings. The van der Waals surface area contributed by atoms with Crippen molar-refractivity contribution >= 4 is 34.6 Å². The lowest BCUT2D eigenvalue weighted by Gasteiger charge is -2.21. The zero-order chi connectivity index (χ0) is 15.7. The zero-order valence-electron chi connectivity index (χ0n) is 12.2. The Morgan fingerprint density at radius 2 is 1.82 bits per heavy atom. The highest BCUT2D eigenvalue weighted by Crippen LogP contribution is 2.33. The molecular weight excluding hydrogens is 314 g/mol. The fourth-order valence-corrected chi connectivity index (χ4v) is 2.87. The summed E-state index contributed by atoms with van der Waals surface area (Å²) in [4.78, 5) is 0. The first-order valence-corrected chi connectivity index (χ1v) is 7.82. The maximum absolute atomic E-state index is 5.96. The first-order chi connectivity index (χ1) is 10.5. The van der Waals surface area contributed by atoms with Crippen molar-refractivity contribution in [3.05, 3.63) is 70.2 Å². The normalized spacial score (nSPS) is 17.5. The van der Waals surface area contributed by atoms with Crippen molar-refractivity contribution in [2.24, 2.45) is 10.8 Å². The molecule has 0 saturated heterocycles. The summed E-state index contributed by atoms with van der Waals surface area (Å²) in [5.41, 5.74) is 10.3. The van der Waals surface area contributed by atoms with E-state index in [1.807, 2.05) is 24.3 Å². The lowest BCUT2D eigenvalue weighted by molar-refractivity contribution is 0.373. The highest BCUT2D eigenvalue weighted by molar-refractivity contribution is 7.80. The fourth-order valence-electron chi connectivity index (χ4n) is 2.58. The summed E-state index contributed by atoms with van der Waals surface area (Å²) < 4.78 is 0. The molecule has 0 aromatic heterocycles. The monoisotopic (exact) mass is 329 g/mol. The van der Waals surface area contributed by atoms with Crippen molar-refractivity contribution < 1.29 is 0 Å². The van der Waals surface area contributed by atoms with Crippen molar-refractivity contribution in [2.75, 3.05) is 0 Å². The van der Waals surface area contributed by atoms with Crippen LogP contribution in [0.4, 0.5) is 0 Å². The van der Waals surface area contributed by atoms with Crippen LogP contribution in [0.25, 0.3) is 0 Å².